The molecule has 1 aliphatic heterocycles. The summed E-state index contributed by atoms with van der Waals surface area (Å²) in [5.41, 5.74) is 6.96. The molecule has 1 fully saturated rings. The maximum Gasteiger partial charge on any atom is 0.269 e. The van der Waals surface area contributed by atoms with Gasteiger partial charge in [0.05, 0.1) is 16.9 Å². The first-order chi connectivity index (χ1) is 10.1. The van der Waals surface area contributed by atoms with E-state index in [4.69, 9.17) is 0 Å². The molecule has 114 valence electrons. The molecule has 7 heteroatoms. The number of hydrogen-bond acceptors (Lipinski definition) is 5. The van der Waals surface area contributed by atoms with Gasteiger partial charge in [-0.25, -0.2) is 5.43 Å². The summed E-state index contributed by atoms with van der Waals surface area (Å²) >= 11 is 0. The molecule has 2 atom stereocenters. The average molecular weight is 292 g/mol. The summed E-state index contributed by atoms with van der Waals surface area (Å²) in [5, 5.41) is 13.6. The summed E-state index contributed by atoms with van der Waals surface area (Å²) in [4.78, 5) is 22.4. The number of rotatable bonds is 6. The van der Waals surface area contributed by atoms with Crippen molar-refractivity contribution >= 4 is 11.6 Å². The predicted octanol–water partition coefficient (Wildman–Crippen LogP) is 1.28. The lowest BCUT2D eigenvalue weighted by Gasteiger charge is -2.18. The van der Waals surface area contributed by atoms with Gasteiger partial charge in [0.2, 0.25) is 5.91 Å². The van der Waals surface area contributed by atoms with Crippen LogP contribution in [0, 0.1) is 16.0 Å². The highest BCUT2D eigenvalue weighted by atomic mass is 16.6. The van der Waals surface area contributed by atoms with E-state index in [0.717, 1.165) is 18.4 Å². The molecule has 0 saturated carbocycles. The van der Waals surface area contributed by atoms with Gasteiger partial charge in [-0.3, -0.25) is 20.3 Å². The number of non-ortho nitro benzene ring substituents is 1. The second kappa shape index (κ2) is 7.14. The highest BCUT2D eigenvalue weighted by Gasteiger charge is 2.33. The van der Waals surface area contributed by atoms with Crippen molar-refractivity contribution < 1.29 is 9.72 Å². The van der Waals surface area contributed by atoms with E-state index in [-0.39, 0.29) is 23.6 Å². The normalized spacial score (nSPS) is 21.2. The first kappa shape index (κ1) is 15.4. The lowest BCUT2D eigenvalue weighted by atomic mass is 9.94. The Morgan fingerprint density at radius 3 is 2.76 bits per heavy atom. The van der Waals surface area contributed by atoms with Crippen molar-refractivity contribution in [3.05, 3.63) is 39.9 Å². The molecule has 2 unspecified atom stereocenters. The van der Waals surface area contributed by atoms with E-state index in [0.29, 0.717) is 13.1 Å². The van der Waals surface area contributed by atoms with Crippen molar-refractivity contribution in [2.45, 2.75) is 25.8 Å². The fraction of sp³-hybridized carbons (Fsp3) is 0.500. The van der Waals surface area contributed by atoms with Gasteiger partial charge in [0, 0.05) is 25.2 Å². The van der Waals surface area contributed by atoms with Crippen LogP contribution in [0.5, 0.6) is 0 Å². The van der Waals surface area contributed by atoms with Crippen molar-refractivity contribution in [1.29, 1.82) is 0 Å². The van der Waals surface area contributed by atoms with Crippen molar-refractivity contribution in [3.8, 4) is 0 Å². The number of hydrazine groups is 1. The SMILES string of the molecule is CCCCNC(=O)C1CNNC1c1ccc([N+](=O)[O-])cc1. The van der Waals surface area contributed by atoms with E-state index in [9.17, 15) is 14.9 Å². The Bertz CT molecular complexity index is 503. The van der Waals surface area contributed by atoms with E-state index in [2.05, 4.69) is 23.1 Å². The van der Waals surface area contributed by atoms with Crippen LogP contribution < -0.4 is 16.2 Å². The van der Waals surface area contributed by atoms with Gasteiger partial charge in [-0.1, -0.05) is 25.5 Å². The molecule has 0 spiro atoms. The number of unbranched alkanes of at least 4 members (excludes halogenated alkanes) is 1. The van der Waals surface area contributed by atoms with E-state index in [1.807, 2.05) is 0 Å². The molecule has 0 aromatic heterocycles. The van der Waals surface area contributed by atoms with Gasteiger partial charge >= 0.3 is 0 Å². The van der Waals surface area contributed by atoms with Crippen LogP contribution in [0.3, 0.4) is 0 Å². The molecule has 1 aromatic carbocycles. The van der Waals surface area contributed by atoms with Crippen LogP contribution >= 0.6 is 0 Å². The van der Waals surface area contributed by atoms with E-state index < -0.39 is 4.92 Å². The number of carbonyl (C=O) groups is 1. The Hall–Kier alpha value is -1.99. The maximum atomic E-state index is 12.2. The predicted molar refractivity (Wildman–Crippen MR) is 78.4 cm³/mol. The zero-order valence-electron chi connectivity index (χ0n) is 12.0. The summed E-state index contributed by atoms with van der Waals surface area (Å²) in [6.07, 6.45) is 1.99. The first-order valence-corrected chi connectivity index (χ1v) is 7.14. The van der Waals surface area contributed by atoms with Gasteiger partial charge in [0.1, 0.15) is 0 Å². The summed E-state index contributed by atoms with van der Waals surface area (Å²) in [6.45, 7) is 3.29. The number of nitro benzene ring substituents is 1. The van der Waals surface area contributed by atoms with Crippen LogP contribution in [-0.2, 0) is 4.79 Å². The third kappa shape index (κ3) is 3.77. The first-order valence-electron chi connectivity index (χ1n) is 7.14. The van der Waals surface area contributed by atoms with Gasteiger partial charge in [-0.2, -0.15) is 0 Å². The average Bonchev–Trinajstić information content (AvgIpc) is 2.97. The van der Waals surface area contributed by atoms with E-state index >= 15 is 0 Å². The Labute approximate surface area is 123 Å². The van der Waals surface area contributed by atoms with E-state index in [1.54, 1.807) is 12.1 Å². The Morgan fingerprint density at radius 2 is 2.14 bits per heavy atom. The number of benzene rings is 1. The van der Waals surface area contributed by atoms with Gasteiger partial charge in [-0.05, 0) is 12.0 Å². The molecule has 1 aromatic rings. The second-order valence-corrected chi connectivity index (χ2v) is 5.10. The van der Waals surface area contributed by atoms with Gasteiger partial charge in [-0.15, -0.1) is 0 Å². The number of nitrogens with one attached hydrogen (secondary N) is 3. The number of hydrogen-bond donors (Lipinski definition) is 3. The quantitative estimate of drug-likeness (QED) is 0.417. The Morgan fingerprint density at radius 1 is 1.43 bits per heavy atom. The Kier molecular flexibility index (Phi) is 5.24. The largest absolute Gasteiger partial charge is 0.356 e. The third-order valence-electron chi connectivity index (χ3n) is 3.61. The molecule has 0 radical (unpaired) electrons. The smallest absolute Gasteiger partial charge is 0.269 e. The zero-order chi connectivity index (χ0) is 15.2. The molecule has 21 heavy (non-hydrogen) atoms. The molecule has 1 heterocycles. The van der Waals surface area contributed by atoms with Crippen molar-refractivity contribution in [2.24, 2.45) is 5.92 Å². The lowest BCUT2D eigenvalue weighted by Crippen LogP contribution is -2.35. The second-order valence-electron chi connectivity index (χ2n) is 5.10. The molecule has 3 N–H and O–H groups in total. The van der Waals surface area contributed by atoms with Crippen LogP contribution in [0.25, 0.3) is 0 Å². The monoisotopic (exact) mass is 292 g/mol. The van der Waals surface area contributed by atoms with Crippen LogP contribution in [0.1, 0.15) is 31.4 Å². The van der Waals surface area contributed by atoms with Crippen LogP contribution in [0.2, 0.25) is 0 Å². The molecule has 1 aliphatic rings. The van der Waals surface area contributed by atoms with Crippen molar-refractivity contribution in [1.82, 2.24) is 16.2 Å². The fourth-order valence-corrected chi connectivity index (χ4v) is 2.38. The summed E-state index contributed by atoms with van der Waals surface area (Å²) in [6, 6.07) is 6.12. The van der Waals surface area contributed by atoms with Crippen molar-refractivity contribution in [3.63, 3.8) is 0 Å². The van der Waals surface area contributed by atoms with Gasteiger partial charge < -0.3 is 5.32 Å². The molecular weight excluding hydrogens is 272 g/mol. The fourth-order valence-electron chi connectivity index (χ4n) is 2.38. The highest BCUT2D eigenvalue weighted by Crippen LogP contribution is 2.26. The van der Waals surface area contributed by atoms with Crippen LogP contribution in [0.4, 0.5) is 5.69 Å². The van der Waals surface area contributed by atoms with Crippen LogP contribution in [0.15, 0.2) is 24.3 Å². The highest BCUT2D eigenvalue weighted by molar-refractivity contribution is 5.80. The number of carbonyl (C=O) groups excluding carboxylic acids is 1. The molecular formula is C14H20N4O3. The summed E-state index contributed by atoms with van der Waals surface area (Å²) < 4.78 is 0. The molecule has 0 aliphatic carbocycles. The van der Waals surface area contributed by atoms with E-state index in [1.165, 1.54) is 12.1 Å². The number of amides is 1. The minimum Gasteiger partial charge on any atom is -0.356 e. The topological polar surface area (TPSA) is 96.3 Å². The molecule has 1 saturated heterocycles. The minimum atomic E-state index is -0.432. The number of nitrogens with zero attached hydrogens (tertiary/aromatic N) is 1. The standard InChI is InChI=1S/C14H20N4O3/c1-2-3-8-15-14(19)12-9-16-17-13(12)10-4-6-11(7-5-10)18(20)21/h4-7,12-13,16-17H,2-3,8-9H2,1H3,(H,15,19). The number of nitro groups is 1. The summed E-state index contributed by atoms with van der Waals surface area (Å²) in [7, 11) is 0. The van der Waals surface area contributed by atoms with Crippen molar-refractivity contribution in [2.75, 3.05) is 13.1 Å². The molecule has 0 bridgehead atoms. The molecule has 1 amide bonds. The molecule has 2 rings (SSSR count). The maximum absolute atomic E-state index is 12.2. The lowest BCUT2D eigenvalue weighted by molar-refractivity contribution is -0.384. The zero-order valence-corrected chi connectivity index (χ0v) is 12.0. The van der Waals surface area contributed by atoms with Gasteiger partial charge in [0.25, 0.3) is 5.69 Å². The summed E-state index contributed by atoms with van der Waals surface area (Å²) in [5.74, 6) is -0.215. The Balaban J connectivity index is 2.03. The minimum absolute atomic E-state index is 0.00398. The van der Waals surface area contributed by atoms with Crippen LogP contribution in [-0.4, -0.2) is 23.9 Å². The third-order valence-corrected chi connectivity index (χ3v) is 3.61. The van der Waals surface area contributed by atoms with Gasteiger partial charge in [0.15, 0.2) is 0 Å². The molecule has 7 nitrogen and oxygen atoms in total.